The van der Waals surface area contributed by atoms with Gasteiger partial charge in [-0.15, -0.1) is 11.3 Å². The van der Waals surface area contributed by atoms with Crippen LogP contribution in [0.5, 0.6) is 0 Å². The molecule has 0 bridgehead atoms. The lowest BCUT2D eigenvalue weighted by molar-refractivity contribution is 0.452. The predicted molar refractivity (Wildman–Crippen MR) is 68.3 cm³/mol. The zero-order valence-corrected chi connectivity index (χ0v) is 10.9. The molecule has 0 fully saturated rings. The van der Waals surface area contributed by atoms with Crippen LogP contribution in [-0.4, -0.2) is 6.54 Å². The highest BCUT2D eigenvalue weighted by Crippen LogP contribution is 2.34. The summed E-state index contributed by atoms with van der Waals surface area (Å²) in [6.07, 6.45) is 1.72. The Balaban J connectivity index is 2.39. The lowest BCUT2D eigenvalue weighted by Gasteiger charge is -2.15. The maximum Gasteiger partial charge on any atom is 0.128 e. The number of aryl methyl sites for hydroxylation is 1. The van der Waals surface area contributed by atoms with Gasteiger partial charge in [0.15, 0.2) is 0 Å². The molecule has 2 heterocycles. The molecular weight excluding hydrogens is 242 g/mol. The van der Waals surface area contributed by atoms with Crippen molar-refractivity contribution in [2.75, 3.05) is 6.54 Å². The summed E-state index contributed by atoms with van der Waals surface area (Å²) in [5.74, 6) is 0.950. The van der Waals surface area contributed by atoms with E-state index in [0.29, 0.717) is 0 Å². The topological polar surface area (TPSA) is 25.2 Å². The van der Waals surface area contributed by atoms with Crippen LogP contribution >= 0.6 is 22.9 Å². The minimum atomic E-state index is 0.0625. The maximum absolute atomic E-state index is 6.17. The van der Waals surface area contributed by atoms with Gasteiger partial charge in [0.25, 0.3) is 0 Å². The normalized spacial score (nSPS) is 12.9. The van der Waals surface area contributed by atoms with E-state index in [1.54, 1.807) is 17.6 Å². The van der Waals surface area contributed by atoms with Crippen LogP contribution in [0.4, 0.5) is 0 Å². The van der Waals surface area contributed by atoms with E-state index in [-0.39, 0.29) is 6.04 Å². The van der Waals surface area contributed by atoms with Crippen molar-refractivity contribution in [2.45, 2.75) is 19.9 Å². The lowest BCUT2D eigenvalue weighted by Crippen LogP contribution is -2.21. The minimum Gasteiger partial charge on any atom is -0.467 e. The molecule has 4 heteroatoms. The molecule has 0 saturated heterocycles. The van der Waals surface area contributed by atoms with Crippen molar-refractivity contribution in [2.24, 2.45) is 0 Å². The second-order valence-electron chi connectivity index (χ2n) is 3.59. The fraction of sp³-hybridized carbons (Fsp3) is 0.333. The molecule has 16 heavy (non-hydrogen) atoms. The summed E-state index contributed by atoms with van der Waals surface area (Å²) in [6.45, 7) is 5.00. The predicted octanol–water partition coefficient (Wildman–Crippen LogP) is 4.00. The van der Waals surface area contributed by atoms with Crippen LogP contribution in [0, 0.1) is 6.92 Å². The van der Waals surface area contributed by atoms with Gasteiger partial charge in [0.05, 0.1) is 11.3 Å². The molecular formula is C12H14ClNOS. The Labute approximate surface area is 104 Å². The standard InChI is InChI=1S/C12H14ClNOS/c1-3-14-10(11-8(2)4-6-15-11)12-9(13)5-7-16-12/h4-7,10,14H,3H2,1-2H3. The smallest absolute Gasteiger partial charge is 0.128 e. The summed E-state index contributed by atoms with van der Waals surface area (Å²) in [5, 5.41) is 6.20. The van der Waals surface area contributed by atoms with E-state index in [9.17, 15) is 0 Å². The molecule has 0 aliphatic rings. The Kier molecular flexibility index (Phi) is 3.69. The van der Waals surface area contributed by atoms with Crippen molar-refractivity contribution >= 4 is 22.9 Å². The first-order chi connectivity index (χ1) is 7.74. The highest BCUT2D eigenvalue weighted by atomic mass is 35.5. The summed E-state index contributed by atoms with van der Waals surface area (Å²) >= 11 is 7.82. The van der Waals surface area contributed by atoms with Crippen molar-refractivity contribution in [3.63, 3.8) is 0 Å². The van der Waals surface area contributed by atoms with Crippen molar-refractivity contribution in [3.8, 4) is 0 Å². The first-order valence-corrected chi connectivity index (χ1v) is 6.50. The largest absolute Gasteiger partial charge is 0.467 e. The Bertz CT molecular complexity index is 423. The molecule has 0 spiro atoms. The van der Waals surface area contributed by atoms with E-state index in [1.165, 1.54) is 0 Å². The minimum absolute atomic E-state index is 0.0625. The Morgan fingerprint density at radius 2 is 2.31 bits per heavy atom. The van der Waals surface area contributed by atoms with Gasteiger partial charge in [0, 0.05) is 4.88 Å². The lowest BCUT2D eigenvalue weighted by atomic mass is 10.1. The molecule has 0 aliphatic heterocycles. The third-order valence-corrected chi connectivity index (χ3v) is 3.90. The highest BCUT2D eigenvalue weighted by molar-refractivity contribution is 7.10. The summed E-state index contributed by atoms with van der Waals surface area (Å²) < 4.78 is 5.54. The zero-order chi connectivity index (χ0) is 11.5. The molecule has 2 aromatic rings. The van der Waals surface area contributed by atoms with Crippen molar-refractivity contribution in [1.82, 2.24) is 5.32 Å². The molecule has 1 N–H and O–H groups in total. The summed E-state index contributed by atoms with van der Waals surface area (Å²) in [4.78, 5) is 1.11. The molecule has 1 unspecified atom stereocenters. The van der Waals surface area contributed by atoms with Crippen molar-refractivity contribution < 1.29 is 4.42 Å². The quantitative estimate of drug-likeness (QED) is 0.893. The van der Waals surface area contributed by atoms with Crippen LogP contribution in [0.1, 0.15) is 29.2 Å². The molecule has 2 rings (SSSR count). The first kappa shape index (κ1) is 11.7. The SMILES string of the molecule is CCNC(c1occc1C)c1sccc1Cl. The summed E-state index contributed by atoms with van der Waals surface area (Å²) in [7, 11) is 0. The van der Waals surface area contributed by atoms with Crippen LogP contribution in [0.3, 0.4) is 0 Å². The monoisotopic (exact) mass is 255 g/mol. The molecule has 2 nitrogen and oxygen atoms in total. The van der Waals surface area contributed by atoms with Gasteiger partial charge in [-0.3, -0.25) is 0 Å². The number of halogens is 1. The van der Waals surface area contributed by atoms with Gasteiger partial charge in [0.1, 0.15) is 11.8 Å². The van der Waals surface area contributed by atoms with Gasteiger partial charge in [-0.1, -0.05) is 18.5 Å². The van der Waals surface area contributed by atoms with E-state index in [1.807, 2.05) is 24.4 Å². The van der Waals surface area contributed by atoms with Gasteiger partial charge < -0.3 is 9.73 Å². The van der Waals surface area contributed by atoms with Crippen LogP contribution in [-0.2, 0) is 0 Å². The summed E-state index contributed by atoms with van der Waals surface area (Å²) in [5.41, 5.74) is 1.15. The van der Waals surface area contributed by atoms with Crippen LogP contribution in [0.15, 0.2) is 28.2 Å². The third kappa shape index (κ3) is 2.17. The zero-order valence-electron chi connectivity index (χ0n) is 9.29. The molecule has 0 aliphatic carbocycles. The van der Waals surface area contributed by atoms with Crippen LogP contribution in [0.2, 0.25) is 5.02 Å². The van der Waals surface area contributed by atoms with E-state index >= 15 is 0 Å². The number of rotatable bonds is 4. The van der Waals surface area contributed by atoms with Gasteiger partial charge in [-0.25, -0.2) is 0 Å². The first-order valence-electron chi connectivity index (χ1n) is 5.24. The number of furan rings is 1. The van der Waals surface area contributed by atoms with E-state index in [4.69, 9.17) is 16.0 Å². The van der Waals surface area contributed by atoms with Gasteiger partial charge in [-0.05, 0) is 36.5 Å². The second-order valence-corrected chi connectivity index (χ2v) is 4.95. The van der Waals surface area contributed by atoms with E-state index < -0.39 is 0 Å². The molecule has 0 amide bonds. The van der Waals surface area contributed by atoms with Crippen LogP contribution in [0.25, 0.3) is 0 Å². The maximum atomic E-state index is 6.17. The number of nitrogens with one attached hydrogen (secondary N) is 1. The van der Waals surface area contributed by atoms with E-state index in [0.717, 1.165) is 27.8 Å². The van der Waals surface area contributed by atoms with Crippen molar-refractivity contribution in [1.29, 1.82) is 0 Å². The molecule has 0 saturated carbocycles. The van der Waals surface area contributed by atoms with Gasteiger partial charge in [0.2, 0.25) is 0 Å². The number of hydrogen-bond donors (Lipinski definition) is 1. The molecule has 2 aromatic heterocycles. The third-order valence-electron chi connectivity index (χ3n) is 2.48. The Morgan fingerprint density at radius 3 is 2.81 bits per heavy atom. The molecule has 86 valence electrons. The second kappa shape index (κ2) is 5.04. The van der Waals surface area contributed by atoms with Gasteiger partial charge >= 0.3 is 0 Å². The Morgan fingerprint density at radius 1 is 1.50 bits per heavy atom. The average Bonchev–Trinajstić information content (AvgIpc) is 2.84. The van der Waals surface area contributed by atoms with Gasteiger partial charge in [-0.2, -0.15) is 0 Å². The fourth-order valence-corrected chi connectivity index (χ4v) is 2.94. The highest BCUT2D eigenvalue weighted by Gasteiger charge is 2.21. The Hall–Kier alpha value is -0.770. The molecule has 0 aromatic carbocycles. The number of hydrogen-bond acceptors (Lipinski definition) is 3. The average molecular weight is 256 g/mol. The fourth-order valence-electron chi connectivity index (χ4n) is 1.70. The molecule has 0 radical (unpaired) electrons. The molecule has 1 atom stereocenters. The number of thiophene rings is 1. The van der Waals surface area contributed by atoms with Crippen LogP contribution < -0.4 is 5.32 Å². The van der Waals surface area contributed by atoms with Crippen molar-refractivity contribution in [3.05, 3.63) is 45.0 Å². The van der Waals surface area contributed by atoms with E-state index in [2.05, 4.69) is 12.2 Å². The summed E-state index contributed by atoms with van der Waals surface area (Å²) in [6, 6.07) is 3.96.